The maximum atomic E-state index is 5.53. The first-order chi connectivity index (χ1) is 9.19. The predicted octanol–water partition coefficient (Wildman–Crippen LogP) is 2.48. The molecular formula is C13H18N4OS. The van der Waals surface area contributed by atoms with Gasteiger partial charge in [0.15, 0.2) is 5.82 Å². The van der Waals surface area contributed by atoms with E-state index >= 15 is 0 Å². The fourth-order valence-corrected chi connectivity index (χ4v) is 2.36. The maximum Gasteiger partial charge on any atom is 0.276 e. The zero-order chi connectivity index (χ0) is 13.7. The van der Waals surface area contributed by atoms with Gasteiger partial charge in [-0.1, -0.05) is 25.1 Å². The number of thioether (sulfide) groups is 1. The molecule has 0 aliphatic heterocycles. The van der Waals surface area contributed by atoms with Crippen LogP contribution in [0.15, 0.2) is 22.9 Å². The average molecular weight is 278 g/mol. The molecule has 0 atom stereocenters. The van der Waals surface area contributed by atoms with Gasteiger partial charge in [0.2, 0.25) is 0 Å². The van der Waals surface area contributed by atoms with Crippen LogP contribution in [-0.4, -0.2) is 20.9 Å². The van der Waals surface area contributed by atoms with E-state index in [2.05, 4.69) is 29.0 Å². The number of nitrogens with two attached hydrogens (primary N) is 1. The van der Waals surface area contributed by atoms with Crippen molar-refractivity contribution in [2.45, 2.75) is 26.1 Å². The molecule has 2 heterocycles. The summed E-state index contributed by atoms with van der Waals surface area (Å²) in [6, 6.07) is 3.76. The highest BCUT2D eigenvalue weighted by molar-refractivity contribution is 7.98. The van der Waals surface area contributed by atoms with Crippen molar-refractivity contribution in [3.8, 4) is 11.6 Å². The van der Waals surface area contributed by atoms with Crippen molar-refractivity contribution < 1.29 is 4.52 Å². The van der Waals surface area contributed by atoms with Gasteiger partial charge in [0, 0.05) is 12.7 Å². The predicted molar refractivity (Wildman–Crippen MR) is 76.4 cm³/mol. The molecule has 6 heteroatoms. The van der Waals surface area contributed by atoms with Gasteiger partial charge in [-0.15, -0.1) is 0 Å². The average Bonchev–Trinajstić information content (AvgIpc) is 2.87. The second-order valence-electron chi connectivity index (χ2n) is 4.68. The van der Waals surface area contributed by atoms with E-state index in [0.717, 1.165) is 17.1 Å². The van der Waals surface area contributed by atoms with Crippen LogP contribution in [0, 0.1) is 5.92 Å². The molecule has 2 aromatic rings. The van der Waals surface area contributed by atoms with Crippen LogP contribution < -0.4 is 5.73 Å². The van der Waals surface area contributed by atoms with Gasteiger partial charge in [-0.2, -0.15) is 16.7 Å². The minimum absolute atomic E-state index is 0.462. The molecule has 102 valence electrons. The fourth-order valence-electron chi connectivity index (χ4n) is 1.47. The summed E-state index contributed by atoms with van der Waals surface area (Å²) in [5.74, 6) is 3.70. The van der Waals surface area contributed by atoms with E-state index in [4.69, 9.17) is 10.3 Å². The maximum absolute atomic E-state index is 5.53. The molecule has 0 saturated carbocycles. The smallest absolute Gasteiger partial charge is 0.276 e. The topological polar surface area (TPSA) is 77.8 Å². The van der Waals surface area contributed by atoms with Gasteiger partial charge in [0.25, 0.3) is 5.89 Å². The molecule has 5 nitrogen and oxygen atoms in total. The lowest BCUT2D eigenvalue weighted by molar-refractivity contribution is 0.424. The van der Waals surface area contributed by atoms with Crippen molar-refractivity contribution in [3.63, 3.8) is 0 Å². The summed E-state index contributed by atoms with van der Waals surface area (Å²) >= 11 is 1.81. The number of aromatic nitrogens is 3. The number of pyridine rings is 1. The standard InChI is InChI=1S/C13H18N4OS/c1-9(2)7-19-8-12-16-13(18-17-12)11-4-3-10(5-14)6-15-11/h3-4,6,9H,5,7-8,14H2,1-2H3. The Labute approximate surface area is 117 Å². The van der Waals surface area contributed by atoms with E-state index in [9.17, 15) is 0 Å². The molecule has 0 aliphatic carbocycles. The molecular weight excluding hydrogens is 260 g/mol. The molecule has 2 rings (SSSR count). The van der Waals surface area contributed by atoms with Gasteiger partial charge in [-0.25, -0.2) is 0 Å². The summed E-state index contributed by atoms with van der Waals surface area (Å²) in [5.41, 5.74) is 7.20. The van der Waals surface area contributed by atoms with Crippen LogP contribution in [0.3, 0.4) is 0 Å². The molecule has 0 bridgehead atoms. The molecule has 0 aliphatic rings. The first-order valence-electron chi connectivity index (χ1n) is 6.24. The summed E-state index contributed by atoms with van der Waals surface area (Å²) < 4.78 is 5.21. The van der Waals surface area contributed by atoms with Gasteiger partial charge in [-0.3, -0.25) is 4.98 Å². The summed E-state index contributed by atoms with van der Waals surface area (Å²) in [6.45, 7) is 4.86. The molecule has 2 N–H and O–H groups in total. The third-order valence-electron chi connectivity index (χ3n) is 2.43. The van der Waals surface area contributed by atoms with Gasteiger partial charge < -0.3 is 10.3 Å². The fraction of sp³-hybridized carbons (Fsp3) is 0.462. The summed E-state index contributed by atoms with van der Waals surface area (Å²) in [5, 5.41) is 3.96. The zero-order valence-electron chi connectivity index (χ0n) is 11.2. The van der Waals surface area contributed by atoms with Crippen LogP contribution in [0.2, 0.25) is 0 Å². The molecule has 0 fully saturated rings. The normalized spacial score (nSPS) is 11.2. The van der Waals surface area contributed by atoms with E-state index in [1.807, 2.05) is 23.9 Å². The van der Waals surface area contributed by atoms with Crippen LogP contribution >= 0.6 is 11.8 Å². The molecule has 19 heavy (non-hydrogen) atoms. The monoisotopic (exact) mass is 278 g/mol. The molecule has 0 spiro atoms. The van der Waals surface area contributed by atoms with Crippen molar-refractivity contribution in [2.75, 3.05) is 5.75 Å². The van der Waals surface area contributed by atoms with E-state index in [1.54, 1.807) is 6.20 Å². The van der Waals surface area contributed by atoms with E-state index in [0.29, 0.717) is 29.9 Å². The van der Waals surface area contributed by atoms with Crippen molar-refractivity contribution >= 4 is 11.8 Å². The Bertz CT molecular complexity index is 510. The highest BCUT2D eigenvalue weighted by Gasteiger charge is 2.10. The van der Waals surface area contributed by atoms with Gasteiger partial charge in [0.1, 0.15) is 5.69 Å². The minimum Gasteiger partial charge on any atom is -0.332 e. The van der Waals surface area contributed by atoms with Gasteiger partial charge >= 0.3 is 0 Å². The van der Waals surface area contributed by atoms with Crippen LogP contribution in [0.1, 0.15) is 25.2 Å². The Balaban J connectivity index is 1.99. The molecule has 0 amide bonds. The third-order valence-corrected chi connectivity index (χ3v) is 3.79. The zero-order valence-corrected chi connectivity index (χ0v) is 12.0. The van der Waals surface area contributed by atoms with E-state index in [-0.39, 0.29) is 0 Å². The first-order valence-corrected chi connectivity index (χ1v) is 7.40. The van der Waals surface area contributed by atoms with Gasteiger partial charge in [-0.05, 0) is 23.3 Å². The minimum atomic E-state index is 0.462. The lowest BCUT2D eigenvalue weighted by Gasteiger charge is -2.00. The highest BCUT2D eigenvalue weighted by Crippen LogP contribution is 2.18. The second kappa shape index (κ2) is 6.68. The number of rotatable bonds is 6. The van der Waals surface area contributed by atoms with Crippen LogP contribution in [0.25, 0.3) is 11.6 Å². The summed E-state index contributed by atoms with van der Waals surface area (Å²) in [4.78, 5) is 8.60. The van der Waals surface area contributed by atoms with Crippen LogP contribution in [0.5, 0.6) is 0 Å². The molecule has 0 saturated heterocycles. The quantitative estimate of drug-likeness (QED) is 0.874. The SMILES string of the molecule is CC(C)CSCc1noc(-c2ccc(CN)cn2)n1. The number of nitrogens with zero attached hydrogens (tertiary/aromatic N) is 3. The van der Waals surface area contributed by atoms with Crippen LogP contribution in [0.4, 0.5) is 0 Å². The van der Waals surface area contributed by atoms with Crippen molar-refractivity contribution in [1.29, 1.82) is 0 Å². The Kier molecular flexibility index (Phi) is 4.93. The lowest BCUT2D eigenvalue weighted by Crippen LogP contribution is -1.97. The lowest BCUT2D eigenvalue weighted by atomic mass is 10.2. The Morgan fingerprint density at radius 2 is 2.21 bits per heavy atom. The Morgan fingerprint density at radius 1 is 1.37 bits per heavy atom. The van der Waals surface area contributed by atoms with E-state index in [1.165, 1.54) is 0 Å². The van der Waals surface area contributed by atoms with Crippen molar-refractivity contribution in [1.82, 2.24) is 15.1 Å². The molecule has 0 unspecified atom stereocenters. The van der Waals surface area contributed by atoms with Gasteiger partial charge in [0.05, 0.1) is 5.75 Å². The molecule has 0 aromatic carbocycles. The molecule has 0 radical (unpaired) electrons. The van der Waals surface area contributed by atoms with Crippen molar-refractivity contribution in [2.24, 2.45) is 11.7 Å². The largest absolute Gasteiger partial charge is 0.332 e. The number of hydrogen-bond donors (Lipinski definition) is 1. The third kappa shape index (κ3) is 4.04. The molecule has 2 aromatic heterocycles. The first kappa shape index (κ1) is 14.0. The highest BCUT2D eigenvalue weighted by atomic mass is 32.2. The Morgan fingerprint density at radius 3 is 2.84 bits per heavy atom. The van der Waals surface area contributed by atoms with Crippen LogP contribution in [-0.2, 0) is 12.3 Å². The van der Waals surface area contributed by atoms with Crippen molar-refractivity contribution in [3.05, 3.63) is 29.7 Å². The number of hydrogen-bond acceptors (Lipinski definition) is 6. The second-order valence-corrected chi connectivity index (χ2v) is 5.71. The summed E-state index contributed by atoms with van der Waals surface area (Å²) in [7, 11) is 0. The Hall–Kier alpha value is -1.40. The van der Waals surface area contributed by atoms with E-state index < -0.39 is 0 Å². The summed E-state index contributed by atoms with van der Waals surface area (Å²) in [6.07, 6.45) is 1.73.